The second-order valence-corrected chi connectivity index (χ2v) is 28.1. The molecule has 578 valence electrons. The molecule has 34 heteroatoms. The van der Waals surface area contributed by atoms with Crippen LogP contribution in [0.3, 0.4) is 0 Å². The van der Waals surface area contributed by atoms with Gasteiger partial charge in [0.05, 0.1) is 12.2 Å². The molecule has 14 amide bonds. The number of thioether (sulfide) groups is 1. The molecule has 0 aliphatic carbocycles. The van der Waals surface area contributed by atoms with Crippen LogP contribution in [0.2, 0.25) is 0 Å². The van der Waals surface area contributed by atoms with E-state index in [-0.39, 0.29) is 94.5 Å². The van der Waals surface area contributed by atoms with Crippen LogP contribution in [0.25, 0.3) is 21.8 Å². The van der Waals surface area contributed by atoms with Gasteiger partial charge in [-0.05, 0) is 117 Å². The Balaban J connectivity index is 1.17. The van der Waals surface area contributed by atoms with Crippen LogP contribution in [0.5, 0.6) is 11.5 Å². The van der Waals surface area contributed by atoms with Gasteiger partial charge in [0.25, 0.3) is 0 Å². The number of aromatic amines is 2. The number of amides is 14. The van der Waals surface area contributed by atoms with Crippen LogP contribution >= 0.6 is 11.8 Å². The minimum Gasteiger partial charge on any atom is -0.508 e. The van der Waals surface area contributed by atoms with E-state index in [0.717, 1.165) is 11.8 Å². The second-order valence-electron chi connectivity index (χ2n) is 27.1. The molecule has 8 rings (SSSR count). The Morgan fingerprint density at radius 2 is 1.01 bits per heavy atom. The minimum atomic E-state index is -1.81. The number of fused-ring (bicyclic) bond motifs is 3. The number of nitrogens with one attached hydrogen (secondary N) is 12. The Labute approximate surface area is 626 Å². The summed E-state index contributed by atoms with van der Waals surface area (Å²) in [5, 5.41) is 48.2. The quantitative estimate of drug-likeness (QED) is 0.0397. The SMILES string of the molecule is CC[C@H](C)[C@@H]1NC(=O)[C@H](C)NC(=O)[C@H](Cc2c[nH]c3ccccc23)NC(=O)[C@H](Cc2ccc(O)cc2)NC(=O)[C@@H]2CCCN2C(=O)[C@H](CCC(N)=O)NC(=O)[C@H](CCCCN)NC(=O)[C@H](Cc2ccc(O)cc2)NC(=O)CSC[C@@H](C(N)=O)NC(=O)[C@H](Cc2c[nH]c3ccccc23)NC(=O)[C@H](CC(N)=O)NC1=O. The molecule has 2 fully saturated rings. The maximum Gasteiger partial charge on any atom is 0.245 e. The number of para-hydroxylation sites is 2. The summed E-state index contributed by atoms with van der Waals surface area (Å²) in [6, 6.07) is 8.73. The van der Waals surface area contributed by atoms with Gasteiger partial charge < -0.3 is 101 Å². The average molecular weight is 1510 g/mol. The lowest BCUT2D eigenvalue weighted by Crippen LogP contribution is -2.61. The van der Waals surface area contributed by atoms with Gasteiger partial charge in [0.1, 0.15) is 78.0 Å². The van der Waals surface area contributed by atoms with E-state index in [2.05, 4.69) is 63.1 Å². The fraction of sp³-hybridized carbons (Fsp3) is 0.432. The first-order valence-electron chi connectivity index (χ1n) is 35.7. The second kappa shape index (κ2) is 39.2. The molecule has 0 saturated carbocycles. The van der Waals surface area contributed by atoms with Crippen LogP contribution in [-0.4, -0.2) is 199 Å². The molecule has 2 saturated heterocycles. The lowest BCUT2D eigenvalue weighted by Gasteiger charge is -2.31. The zero-order chi connectivity index (χ0) is 78.3. The van der Waals surface area contributed by atoms with Gasteiger partial charge in [-0.2, -0.15) is 0 Å². The molecule has 6 aromatic rings. The number of rotatable bonds is 20. The largest absolute Gasteiger partial charge is 0.508 e. The van der Waals surface area contributed by atoms with Crippen LogP contribution in [0.15, 0.2) is 109 Å². The lowest BCUT2D eigenvalue weighted by molar-refractivity contribution is -0.143. The summed E-state index contributed by atoms with van der Waals surface area (Å²) < 4.78 is 0. The Morgan fingerprint density at radius 3 is 1.55 bits per heavy atom. The topological polar surface area (TPSA) is 539 Å². The number of aromatic nitrogens is 2. The third-order valence-corrected chi connectivity index (χ3v) is 20.0. The maximum absolute atomic E-state index is 15.1. The monoisotopic (exact) mass is 1510 g/mol. The third-order valence-electron chi connectivity index (χ3n) is 19.0. The molecule has 33 nitrogen and oxygen atoms in total. The summed E-state index contributed by atoms with van der Waals surface area (Å²) in [6.45, 7) is 4.75. The van der Waals surface area contributed by atoms with Gasteiger partial charge in [0, 0.05) is 78.6 Å². The van der Waals surface area contributed by atoms with Gasteiger partial charge in [0.15, 0.2) is 0 Å². The number of phenolic OH excluding ortho intramolecular Hbond substituents is 2. The normalized spacial score (nSPS) is 23.8. The minimum absolute atomic E-state index is 0.0379. The van der Waals surface area contributed by atoms with E-state index in [4.69, 9.17) is 22.9 Å². The van der Waals surface area contributed by atoms with Crippen molar-refractivity contribution in [2.24, 2.45) is 28.9 Å². The predicted octanol–water partition coefficient (Wildman–Crippen LogP) is -1.26. The molecular weight excluding hydrogens is 1410 g/mol. The molecule has 2 aromatic heterocycles. The Kier molecular flexibility index (Phi) is 29.8. The Hall–Kier alpha value is -11.6. The standard InChI is InChI=1S/C74H95N17O16S/c1-4-39(2)63-73(106)88-57(34-61(77)95)71(104)86-56(33-44-36-80-50-15-8-6-13-48(44)50)70(103)89-58(64(78)97)37-108-38-62(96)82-53(30-41-18-22-45(92)23-19-41)68(101)83-51(16-9-10-28-75)66(99)84-52(26-27-60(76)94)74(107)91-29-11-17-59(91)72(105)87-54(31-42-20-24-46(93)25-21-42)69(102)85-55(67(100)81-40(3)65(98)90-63)32-43-35-79-49-14-7-5-12-47(43)49/h5-8,12-15,18-25,35-36,39-40,51-59,63,79-80,92-93H,4,9-11,16-17,26-34,37-38,75H2,1-3H3,(H2,76,94)(H2,77,95)(H2,78,97)(H,81,100)(H,82,96)(H,83,101)(H,84,99)(H,85,102)(H,86,104)(H,87,105)(H,88,106)(H,89,103)(H,90,98)/t39-,40-,51-,52-,53-,54-,55-,56-,57-,58-,59-,63-/m0/s1. The fourth-order valence-electron chi connectivity index (χ4n) is 12.8. The number of primary amides is 3. The van der Waals surface area contributed by atoms with Gasteiger partial charge in [0.2, 0.25) is 82.7 Å². The molecule has 22 N–H and O–H groups in total. The number of aromatic hydroxyl groups is 2. The van der Waals surface area contributed by atoms with Crippen molar-refractivity contribution < 1.29 is 77.3 Å². The molecule has 0 bridgehead atoms. The number of unbranched alkanes of at least 4 members (excludes halogenated alkanes) is 1. The summed E-state index contributed by atoms with van der Waals surface area (Å²) in [5.74, 6) is -14.9. The van der Waals surface area contributed by atoms with E-state index in [9.17, 15) is 67.7 Å². The van der Waals surface area contributed by atoms with Gasteiger partial charge >= 0.3 is 0 Å². The van der Waals surface area contributed by atoms with Crippen molar-refractivity contribution in [2.75, 3.05) is 24.6 Å². The average Bonchev–Trinajstić information content (AvgIpc) is 1.65. The smallest absolute Gasteiger partial charge is 0.245 e. The Morgan fingerprint density at radius 1 is 0.528 bits per heavy atom. The molecule has 2 aliphatic rings. The number of carbonyl (C=O) groups is 14. The van der Waals surface area contributed by atoms with Gasteiger partial charge in [-0.3, -0.25) is 67.1 Å². The van der Waals surface area contributed by atoms with E-state index >= 15 is 9.59 Å². The van der Waals surface area contributed by atoms with Crippen molar-refractivity contribution in [3.63, 3.8) is 0 Å². The molecule has 0 spiro atoms. The van der Waals surface area contributed by atoms with Crippen LogP contribution in [0, 0.1) is 5.92 Å². The number of H-pyrrole nitrogens is 2. The van der Waals surface area contributed by atoms with Crippen LogP contribution < -0.4 is 76.1 Å². The summed E-state index contributed by atoms with van der Waals surface area (Å²) in [4.78, 5) is 208. The van der Waals surface area contributed by atoms with E-state index in [1.54, 1.807) is 74.8 Å². The highest BCUT2D eigenvalue weighted by molar-refractivity contribution is 8.00. The van der Waals surface area contributed by atoms with Gasteiger partial charge in [-0.15, -0.1) is 11.8 Å². The first-order chi connectivity index (χ1) is 51.6. The van der Waals surface area contributed by atoms with Crippen molar-refractivity contribution in [2.45, 2.75) is 171 Å². The number of phenols is 2. The Bertz CT molecular complexity index is 4250. The molecule has 0 unspecified atom stereocenters. The van der Waals surface area contributed by atoms with E-state index in [0.29, 0.717) is 50.5 Å². The molecule has 0 radical (unpaired) electrons. The summed E-state index contributed by atoms with van der Waals surface area (Å²) in [7, 11) is 0. The number of benzene rings is 4. The molecule has 2 aliphatic heterocycles. The zero-order valence-corrected chi connectivity index (χ0v) is 60.9. The van der Waals surface area contributed by atoms with Crippen LogP contribution in [0.4, 0.5) is 0 Å². The molecular formula is C74H95N17O16S. The summed E-state index contributed by atoms with van der Waals surface area (Å²) in [6.07, 6.45) is 1.64. The molecule has 4 aromatic carbocycles. The van der Waals surface area contributed by atoms with E-state index in [1.807, 2.05) is 0 Å². The molecule has 4 heterocycles. The molecule has 108 heavy (non-hydrogen) atoms. The van der Waals surface area contributed by atoms with Crippen LogP contribution in [0.1, 0.15) is 101 Å². The number of hydrogen-bond acceptors (Lipinski definition) is 18. The number of nitrogens with zero attached hydrogens (tertiary/aromatic N) is 1. The van der Waals surface area contributed by atoms with Crippen molar-refractivity contribution in [1.29, 1.82) is 0 Å². The van der Waals surface area contributed by atoms with Gasteiger partial charge in [-0.25, -0.2) is 0 Å². The highest BCUT2D eigenvalue weighted by Crippen LogP contribution is 2.25. The number of carbonyl (C=O) groups excluding carboxylic acids is 14. The molecule has 12 atom stereocenters. The van der Waals surface area contributed by atoms with E-state index in [1.165, 1.54) is 60.4 Å². The fourth-order valence-corrected chi connectivity index (χ4v) is 13.7. The highest BCUT2D eigenvalue weighted by atomic mass is 32.2. The third kappa shape index (κ3) is 23.2. The maximum atomic E-state index is 15.1. The predicted molar refractivity (Wildman–Crippen MR) is 398 cm³/mol. The van der Waals surface area contributed by atoms with Crippen molar-refractivity contribution in [1.82, 2.24) is 68.0 Å². The van der Waals surface area contributed by atoms with Gasteiger partial charge in [-0.1, -0.05) is 80.9 Å². The first-order valence-corrected chi connectivity index (χ1v) is 36.9. The van der Waals surface area contributed by atoms with Crippen molar-refractivity contribution in [3.05, 3.63) is 132 Å². The number of nitrogens with two attached hydrogens (primary N) is 4. The zero-order valence-electron chi connectivity index (χ0n) is 60.1. The van der Waals surface area contributed by atoms with Crippen LogP contribution in [-0.2, 0) is 92.8 Å². The van der Waals surface area contributed by atoms with Crippen molar-refractivity contribution >= 4 is 116 Å². The van der Waals surface area contributed by atoms with E-state index < -0.39 is 174 Å². The first kappa shape index (κ1) is 82.1. The van der Waals surface area contributed by atoms with Crippen molar-refractivity contribution in [3.8, 4) is 11.5 Å². The number of hydrogen-bond donors (Lipinski definition) is 18. The summed E-state index contributed by atoms with van der Waals surface area (Å²) >= 11 is 0.807. The summed E-state index contributed by atoms with van der Waals surface area (Å²) in [5.41, 5.74) is 26.3. The highest BCUT2D eigenvalue weighted by Gasteiger charge is 2.42. The lowest BCUT2D eigenvalue weighted by atomic mass is 9.97.